The van der Waals surface area contributed by atoms with Crippen LogP contribution in [0.15, 0.2) is 54.6 Å². The van der Waals surface area contributed by atoms with Gasteiger partial charge in [-0.15, -0.1) is 0 Å². The van der Waals surface area contributed by atoms with Crippen LogP contribution in [0.3, 0.4) is 0 Å². The van der Waals surface area contributed by atoms with Gasteiger partial charge in [0.25, 0.3) is 0 Å². The minimum absolute atomic E-state index is 0.118. The van der Waals surface area contributed by atoms with Crippen molar-refractivity contribution < 1.29 is 29.3 Å². The second kappa shape index (κ2) is 11.1. The van der Waals surface area contributed by atoms with Crippen LogP contribution >= 0.6 is 0 Å². The minimum atomic E-state index is -0.552. The number of ketones is 2. The number of nitrogens with one attached hydrogen (secondary N) is 1. The van der Waals surface area contributed by atoms with Gasteiger partial charge >= 0.3 is 5.97 Å². The molecule has 186 valence electrons. The summed E-state index contributed by atoms with van der Waals surface area (Å²) in [5, 5.41) is 23.4. The molecule has 0 saturated heterocycles. The van der Waals surface area contributed by atoms with E-state index in [0.29, 0.717) is 23.5 Å². The number of anilines is 2. The monoisotopic (exact) mass is 487 g/mol. The normalized spacial score (nSPS) is 12.1. The zero-order valence-corrected chi connectivity index (χ0v) is 20.2. The number of esters is 1. The Morgan fingerprint density at radius 3 is 2.14 bits per heavy atom. The van der Waals surface area contributed by atoms with Crippen LogP contribution < -0.4 is 5.32 Å². The van der Waals surface area contributed by atoms with E-state index in [-0.39, 0.29) is 33.8 Å². The van der Waals surface area contributed by atoms with Crippen LogP contribution in [0.4, 0.5) is 11.4 Å². The SMILES string of the molecule is CCCCCCCCOC(=O)c1cccc(Nc2ccc3c(c2)C(=O)c2c(O)ccc(O)c2C3=O)c1. The summed E-state index contributed by atoms with van der Waals surface area (Å²) in [5.74, 6) is -2.20. The largest absolute Gasteiger partial charge is 0.507 e. The highest BCUT2D eigenvalue weighted by Gasteiger charge is 2.34. The summed E-state index contributed by atoms with van der Waals surface area (Å²) >= 11 is 0. The van der Waals surface area contributed by atoms with Crippen LogP contribution in [0.25, 0.3) is 0 Å². The number of phenols is 2. The van der Waals surface area contributed by atoms with Crippen molar-refractivity contribution >= 4 is 28.9 Å². The number of benzene rings is 3. The van der Waals surface area contributed by atoms with Gasteiger partial charge in [0, 0.05) is 22.5 Å². The fourth-order valence-corrected chi connectivity index (χ4v) is 4.34. The molecule has 0 unspecified atom stereocenters. The molecule has 1 aliphatic carbocycles. The summed E-state index contributed by atoms with van der Waals surface area (Å²) in [6.45, 7) is 2.56. The topological polar surface area (TPSA) is 113 Å². The smallest absolute Gasteiger partial charge is 0.338 e. The van der Waals surface area contributed by atoms with Gasteiger partial charge in [-0.2, -0.15) is 0 Å². The van der Waals surface area contributed by atoms with Crippen LogP contribution in [0, 0.1) is 0 Å². The fourth-order valence-electron chi connectivity index (χ4n) is 4.34. The van der Waals surface area contributed by atoms with Crippen molar-refractivity contribution in [3.63, 3.8) is 0 Å². The molecule has 7 heteroatoms. The van der Waals surface area contributed by atoms with Crippen molar-refractivity contribution in [3.8, 4) is 11.5 Å². The van der Waals surface area contributed by atoms with Gasteiger partial charge in [-0.05, 0) is 55.0 Å². The number of fused-ring (bicyclic) bond motifs is 2. The molecule has 0 atom stereocenters. The Hall–Kier alpha value is -4.13. The average molecular weight is 488 g/mol. The number of carbonyl (C=O) groups excluding carboxylic acids is 3. The molecule has 3 N–H and O–H groups in total. The van der Waals surface area contributed by atoms with Crippen LogP contribution in [0.2, 0.25) is 0 Å². The molecule has 0 aromatic heterocycles. The number of carbonyl (C=O) groups is 3. The molecule has 0 amide bonds. The van der Waals surface area contributed by atoms with Crippen LogP contribution in [0.1, 0.15) is 87.6 Å². The number of rotatable bonds is 10. The summed E-state index contributed by atoms with van der Waals surface area (Å²) in [6.07, 6.45) is 6.65. The number of ether oxygens (including phenoxy) is 1. The highest BCUT2D eigenvalue weighted by molar-refractivity contribution is 6.30. The third-order valence-electron chi connectivity index (χ3n) is 6.24. The zero-order valence-electron chi connectivity index (χ0n) is 20.2. The van der Waals surface area contributed by atoms with Gasteiger partial charge in [0.2, 0.25) is 0 Å². The van der Waals surface area contributed by atoms with Gasteiger partial charge in [0.1, 0.15) is 11.5 Å². The quantitative estimate of drug-likeness (QED) is 0.140. The molecule has 0 aliphatic heterocycles. The lowest BCUT2D eigenvalue weighted by Crippen LogP contribution is -2.21. The van der Waals surface area contributed by atoms with E-state index in [1.165, 1.54) is 43.5 Å². The Morgan fingerprint density at radius 1 is 0.778 bits per heavy atom. The maximum absolute atomic E-state index is 13.1. The standard InChI is InChI=1S/C29H29NO6/c1-2-3-4-5-6-7-15-36-29(35)18-9-8-10-19(16-18)30-20-11-12-21-22(17-20)28(34)26-24(32)14-13-23(31)25(26)27(21)33/h8-14,16-17,30-32H,2-7,15H2,1H3. The van der Waals surface area contributed by atoms with E-state index in [1.54, 1.807) is 30.3 Å². The van der Waals surface area contributed by atoms with E-state index in [2.05, 4.69) is 12.2 Å². The highest BCUT2D eigenvalue weighted by atomic mass is 16.5. The Kier molecular flexibility index (Phi) is 7.68. The second-order valence-corrected chi connectivity index (χ2v) is 8.88. The van der Waals surface area contributed by atoms with E-state index in [1.807, 2.05) is 0 Å². The molecule has 0 radical (unpaired) electrons. The molecule has 0 heterocycles. The summed E-state index contributed by atoms with van der Waals surface area (Å²) in [4.78, 5) is 38.4. The predicted molar refractivity (Wildman–Crippen MR) is 136 cm³/mol. The van der Waals surface area contributed by atoms with Gasteiger partial charge in [0.05, 0.1) is 23.3 Å². The molecule has 1 aliphatic rings. The number of phenolic OH excluding ortho intramolecular Hbond substituents is 2. The summed E-state index contributed by atoms with van der Waals surface area (Å²) in [6, 6.07) is 13.9. The Bertz CT molecular complexity index is 1310. The van der Waals surface area contributed by atoms with Crippen molar-refractivity contribution in [2.75, 3.05) is 11.9 Å². The summed E-state index contributed by atoms with van der Waals surface area (Å²) in [5.41, 5.74) is 1.40. The molecule has 0 fully saturated rings. The summed E-state index contributed by atoms with van der Waals surface area (Å²) < 4.78 is 5.40. The lowest BCUT2D eigenvalue weighted by molar-refractivity contribution is 0.0497. The first kappa shape index (κ1) is 25.0. The fraction of sp³-hybridized carbons (Fsp3) is 0.276. The Balaban J connectivity index is 1.45. The number of aromatic hydroxyl groups is 2. The van der Waals surface area contributed by atoms with Crippen LogP contribution in [0.5, 0.6) is 11.5 Å². The van der Waals surface area contributed by atoms with E-state index in [0.717, 1.165) is 19.3 Å². The van der Waals surface area contributed by atoms with Gasteiger partial charge in [0.15, 0.2) is 11.6 Å². The first-order valence-electron chi connectivity index (χ1n) is 12.2. The van der Waals surface area contributed by atoms with Crippen LogP contribution in [-0.4, -0.2) is 34.4 Å². The maximum Gasteiger partial charge on any atom is 0.338 e. The summed E-state index contributed by atoms with van der Waals surface area (Å²) in [7, 11) is 0. The molecule has 0 bridgehead atoms. The molecule has 0 saturated carbocycles. The van der Waals surface area contributed by atoms with E-state index in [4.69, 9.17) is 4.74 Å². The van der Waals surface area contributed by atoms with E-state index in [9.17, 15) is 24.6 Å². The number of hydrogen-bond acceptors (Lipinski definition) is 7. The third-order valence-corrected chi connectivity index (χ3v) is 6.24. The van der Waals surface area contributed by atoms with Crippen molar-refractivity contribution in [1.82, 2.24) is 0 Å². The van der Waals surface area contributed by atoms with Gasteiger partial charge in [-0.1, -0.05) is 45.1 Å². The molecule has 3 aromatic carbocycles. The number of unbranched alkanes of at least 4 members (excludes halogenated alkanes) is 5. The van der Waals surface area contributed by atoms with Gasteiger partial charge < -0.3 is 20.3 Å². The first-order valence-corrected chi connectivity index (χ1v) is 12.2. The molecule has 4 rings (SSSR count). The highest BCUT2D eigenvalue weighted by Crippen LogP contribution is 2.38. The molecule has 3 aromatic rings. The average Bonchev–Trinajstić information content (AvgIpc) is 2.88. The lowest BCUT2D eigenvalue weighted by atomic mass is 9.83. The van der Waals surface area contributed by atoms with Crippen molar-refractivity contribution in [3.05, 3.63) is 82.4 Å². The molecule has 0 spiro atoms. The van der Waals surface area contributed by atoms with E-state index < -0.39 is 17.5 Å². The first-order chi connectivity index (χ1) is 17.4. The van der Waals surface area contributed by atoms with Crippen molar-refractivity contribution in [2.45, 2.75) is 45.4 Å². The Labute approximate surface area is 209 Å². The number of hydrogen-bond donors (Lipinski definition) is 3. The third kappa shape index (κ3) is 5.25. The second-order valence-electron chi connectivity index (χ2n) is 8.88. The lowest BCUT2D eigenvalue weighted by Gasteiger charge is -2.20. The van der Waals surface area contributed by atoms with Gasteiger partial charge in [-0.3, -0.25) is 9.59 Å². The van der Waals surface area contributed by atoms with Gasteiger partial charge in [-0.25, -0.2) is 4.79 Å². The van der Waals surface area contributed by atoms with E-state index >= 15 is 0 Å². The minimum Gasteiger partial charge on any atom is -0.507 e. The molecule has 7 nitrogen and oxygen atoms in total. The maximum atomic E-state index is 13.1. The molecular formula is C29H29NO6. The molecule has 36 heavy (non-hydrogen) atoms. The zero-order chi connectivity index (χ0) is 25.7. The Morgan fingerprint density at radius 2 is 1.42 bits per heavy atom. The van der Waals surface area contributed by atoms with Crippen LogP contribution in [-0.2, 0) is 4.74 Å². The van der Waals surface area contributed by atoms with Crippen molar-refractivity contribution in [2.24, 2.45) is 0 Å². The van der Waals surface area contributed by atoms with Crippen molar-refractivity contribution in [1.29, 1.82) is 0 Å². The molecular weight excluding hydrogens is 458 g/mol. The predicted octanol–water partition coefficient (Wildman–Crippen LogP) is 6.13.